The summed E-state index contributed by atoms with van der Waals surface area (Å²) >= 11 is 0. The van der Waals surface area contributed by atoms with Gasteiger partial charge in [-0.15, -0.1) is 0 Å². The fourth-order valence-electron chi connectivity index (χ4n) is 4.38. The number of nitrogen functional groups attached to an aromatic ring is 1. The molecule has 0 radical (unpaired) electrons. The van der Waals surface area contributed by atoms with Crippen LogP contribution in [0.2, 0.25) is 0 Å². The lowest BCUT2D eigenvalue weighted by Gasteiger charge is -2.34. The molecule has 0 bridgehead atoms. The summed E-state index contributed by atoms with van der Waals surface area (Å²) in [7, 11) is 0. The Balaban J connectivity index is 1.66. The van der Waals surface area contributed by atoms with Crippen LogP contribution in [0.4, 0.5) is 5.95 Å². The van der Waals surface area contributed by atoms with Crippen LogP contribution in [-0.2, 0) is 4.79 Å². The molecule has 0 unspecified atom stereocenters. The highest BCUT2D eigenvalue weighted by atomic mass is 16.3. The Morgan fingerprint density at radius 2 is 1.85 bits per heavy atom. The van der Waals surface area contributed by atoms with Crippen molar-refractivity contribution in [2.24, 2.45) is 0 Å². The summed E-state index contributed by atoms with van der Waals surface area (Å²) < 4.78 is 1.54. The molecule has 1 amide bonds. The summed E-state index contributed by atoms with van der Waals surface area (Å²) in [5.41, 5.74) is 6.96. The highest BCUT2D eigenvalue weighted by Crippen LogP contribution is 2.28. The molecule has 0 saturated carbocycles. The van der Waals surface area contributed by atoms with Gasteiger partial charge >= 0.3 is 5.69 Å². The minimum absolute atomic E-state index is 0.137. The molecule has 5 rings (SSSR count). The van der Waals surface area contributed by atoms with Crippen LogP contribution in [0.3, 0.4) is 0 Å². The SMILES string of the molecule is C[C@H](O)C(=O)N1CCC(n2c(=O)[nH]c(=O)c3cnc4ccc(-c5cnc(N)nc5)nc4c32)CC1. The number of nitrogens with two attached hydrogens (primary N) is 1. The molecule has 5 heterocycles. The van der Waals surface area contributed by atoms with Crippen LogP contribution >= 0.6 is 0 Å². The number of amides is 1. The van der Waals surface area contributed by atoms with Gasteiger partial charge in [0.15, 0.2) is 0 Å². The maximum Gasteiger partial charge on any atom is 0.329 e. The van der Waals surface area contributed by atoms with E-state index in [2.05, 4.69) is 19.9 Å². The zero-order valence-corrected chi connectivity index (χ0v) is 18.3. The topological polar surface area (TPSA) is 173 Å². The lowest BCUT2D eigenvalue weighted by atomic mass is 10.0. The number of hydrogen-bond acceptors (Lipinski definition) is 9. The summed E-state index contributed by atoms with van der Waals surface area (Å²) in [5.74, 6) is -0.207. The van der Waals surface area contributed by atoms with Crippen molar-refractivity contribution in [2.45, 2.75) is 31.9 Å². The van der Waals surface area contributed by atoms with E-state index >= 15 is 0 Å². The van der Waals surface area contributed by atoms with Crippen LogP contribution in [0.25, 0.3) is 33.2 Å². The molecule has 4 aromatic heterocycles. The number of anilines is 1. The average Bonchev–Trinajstić information content (AvgIpc) is 2.84. The molecule has 0 aromatic carbocycles. The lowest BCUT2D eigenvalue weighted by molar-refractivity contribution is -0.140. The van der Waals surface area contributed by atoms with Gasteiger partial charge in [0.25, 0.3) is 11.5 Å². The van der Waals surface area contributed by atoms with Gasteiger partial charge < -0.3 is 15.7 Å². The fourth-order valence-corrected chi connectivity index (χ4v) is 4.38. The Kier molecular flexibility index (Phi) is 5.28. The highest BCUT2D eigenvalue weighted by Gasteiger charge is 2.28. The number of nitrogens with zero attached hydrogens (tertiary/aromatic N) is 6. The number of pyridine rings is 2. The average molecular weight is 462 g/mol. The minimum atomic E-state index is -1.08. The molecule has 34 heavy (non-hydrogen) atoms. The molecule has 1 saturated heterocycles. The molecule has 1 aliphatic rings. The second-order valence-electron chi connectivity index (χ2n) is 8.28. The van der Waals surface area contributed by atoms with Crippen molar-refractivity contribution in [1.29, 1.82) is 0 Å². The first-order chi connectivity index (χ1) is 16.3. The van der Waals surface area contributed by atoms with E-state index in [4.69, 9.17) is 10.7 Å². The van der Waals surface area contributed by atoms with E-state index in [1.807, 2.05) is 0 Å². The first-order valence-corrected chi connectivity index (χ1v) is 10.8. The molecule has 4 N–H and O–H groups in total. The summed E-state index contributed by atoms with van der Waals surface area (Å²) in [6.07, 6.45) is 4.41. The number of aliphatic hydroxyl groups is 1. The molecule has 174 valence electrons. The predicted octanol–water partition coefficient (Wildman–Crippen LogP) is 0.217. The summed E-state index contributed by atoms with van der Waals surface area (Å²) in [6.45, 7) is 2.20. The normalized spacial score (nSPS) is 15.6. The van der Waals surface area contributed by atoms with E-state index < -0.39 is 17.4 Å². The molecule has 12 heteroatoms. The number of nitrogens with one attached hydrogen (secondary N) is 1. The van der Waals surface area contributed by atoms with Crippen molar-refractivity contribution in [3.8, 4) is 11.3 Å². The first-order valence-electron chi connectivity index (χ1n) is 10.8. The van der Waals surface area contributed by atoms with Crippen LogP contribution in [-0.4, -0.2) is 64.6 Å². The van der Waals surface area contributed by atoms with Crippen molar-refractivity contribution in [2.75, 3.05) is 18.8 Å². The molecular formula is C22H22N8O4. The number of H-pyrrole nitrogens is 1. The van der Waals surface area contributed by atoms with Gasteiger partial charge in [-0.3, -0.25) is 24.1 Å². The number of aliphatic hydroxyl groups excluding tert-OH is 1. The van der Waals surface area contributed by atoms with E-state index in [0.717, 1.165) is 0 Å². The number of carbonyl (C=O) groups is 1. The van der Waals surface area contributed by atoms with Gasteiger partial charge in [-0.2, -0.15) is 0 Å². The molecule has 1 fully saturated rings. The second-order valence-corrected chi connectivity index (χ2v) is 8.28. The summed E-state index contributed by atoms with van der Waals surface area (Å²) in [5, 5.41) is 9.85. The van der Waals surface area contributed by atoms with Crippen LogP contribution in [0.1, 0.15) is 25.8 Å². The van der Waals surface area contributed by atoms with Gasteiger partial charge in [-0.05, 0) is 31.9 Å². The van der Waals surface area contributed by atoms with Crippen molar-refractivity contribution < 1.29 is 9.90 Å². The molecule has 0 aliphatic carbocycles. The number of carbonyl (C=O) groups excluding carboxylic acids is 1. The van der Waals surface area contributed by atoms with E-state index in [0.29, 0.717) is 53.7 Å². The maximum absolute atomic E-state index is 13.0. The largest absolute Gasteiger partial charge is 0.384 e. The maximum atomic E-state index is 13.0. The number of fused-ring (bicyclic) bond motifs is 3. The van der Waals surface area contributed by atoms with Gasteiger partial charge in [-0.25, -0.2) is 19.7 Å². The lowest BCUT2D eigenvalue weighted by Crippen LogP contribution is -2.45. The minimum Gasteiger partial charge on any atom is -0.384 e. The van der Waals surface area contributed by atoms with E-state index in [1.165, 1.54) is 13.1 Å². The molecule has 1 aliphatic heterocycles. The standard InChI is InChI=1S/C22H22N8O4/c1-11(31)20(33)29-6-4-13(5-7-29)30-18-14(19(32)28-22(30)34)10-24-16-3-2-15(27-17(16)18)12-8-25-21(23)26-9-12/h2-3,8-11,13,31H,4-7H2,1H3,(H2,23,25,26)(H,28,32,34)/t11-/m0/s1. The number of aromatic amines is 1. The fraction of sp³-hybridized carbons (Fsp3) is 0.318. The Hall–Kier alpha value is -4.19. The third-order valence-electron chi connectivity index (χ3n) is 6.08. The number of rotatable bonds is 3. The second kappa shape index (κ2) is 8.30. The van der Waals surface area contributed by atoms with Crippen molar-refractivity contribution in [1.82, 2.24) is 34.4 Å². The Morgan fingerprint density at radius 3 is 2.53 bits per heavy atom. The molecule has 0 spiro atoms. The van der Waals surface area contributed by atoms with Crippen LogP contribution in [0.15, 0.2) is 40.3 Å². The van der Waals surface area contributed by atoms with Crippen LogP contribution < -0.4 is 17.0 Å². The van der Waals surface area contributed by atoms with Crippen LogP contribution in [0, 0.1) is 0 Å². The Morgan fingerprint density at radius 1 is 1.15 bits per heavy atom. The monoisotopic (exact) mass is 462 g/mol. The number of hydrogen-bond donors (Lipinski definition) is 3. The number of piperidine rings is 1. The van der Waals surface area contributed by atoms with Gasteiger partial charge in [0, 0.05) is 43.3 Å². The zero-order valence-electron chi connectivity index (χ0n) is 18.3. The van der Waals surface area contributed by atoms with Gasteiger partial charge in [-0.1, -0.05) is 0 Å². The number of likely N-dealkylation sites (tertiary alicyclic amines) is 1. The smallest absolute Gasteiger partial charge is 0.329 e. The first kappa shape index (κ1) is 21.6. The quantitative estimate of drug-likeness (QED) is 0.360. The van der Waals surface area contributed by atoms with Crippen molar-refractivity contribution in [3.63, 3.8) is 0 Å². The van der Waals surface area contributed by atoms with E-state index in [9.17, 15) is 19.5 Å². The highest BCUT2D eigenvalue weighted by molar-refractivity contribution is 6.01. The van der Waals surface area contributed by atoms with Crippen molar-refractivity contribution in [3.05, 3.63) is 51.6 Å². The third kappa shape index (κ3) is 3.67. The van der Waals surface area contributed by atoms with E-state index in [-0.39, 0.29) is 23.3 Å². The van der Waals surface area contributed by atoms with Crippen molar-refractivity contribution >= 4 is 33.8 Å². The summed E-state index contributed by atoms with van der Waals surface area (Å²) in [4.78, 5) is 58.8. The third-order valence-corrected chi connectivity index (χ3v) is 6.08. The molecular weight excluding hydrogens is 440 g/mol. The van der Waals surface area contributed by atoms with E-state index in [1.54, 1.807) is 34.0 Å². The Labute approximate surface area is 192 Å². The van der Waals surface area contributed by atoms with Crippen LogP contribution in [0.5, 0.6) is 0 Å². The summed E-state index contributed by atoms with van der Waals surface area (Å²) in [6, 6.07) is 3.24. The number of aromatic nitrogens is 6. The Bertz CT molecular complexity index is 1520. The zero-order chi connectivity index (χ0) is 24.0. The van der Waals surface area contributed by atoms with Gasteiger partial charge in [0.1, 0.15) is 11.6 Å². The molecule has 12 nitrogen and oxygen atoms in total. The predicted molar refractivity (Wildman–Crippen MR) is 124 cm³/mol. The molecule has 4 aromatic rings. The molecule has 1 atom stereocenters. The van der Waals surface area contributed by atoms with Gasteiger partial charge in [0.2, 0.25) is 5.95 Å². The van der Waals surface area contributed by atoms with Gasteiger partial charge in [0.05, 0.1) is 22.1 Å².